The topological polar surface area (TPSA) is 49.9 Å². The number of hydrogen-bond acceptors (Lipinski definition) is 4. The molecular formula is C17H24N2O3S. The number of thioether (sulfide) groups is 1. The first kappa shape index (κ1) is 17.7. The molecule has 0 atom stereocenters. The fraction of sp³-hybridized carbons (Fsp3) is 0.529. The highest BCUT2D eigenvalue weighted by Crippen LogP contribution is 2.18. The number of carbonyl (C=O) groups is 2. The molecule has 0 saturated carbocycles. The lowest BCUT2D eigenvalue weighted by Gasteiger charge is -2.35. The molecule has 0 aliphatic carbocycles. The van der Waals surface area contributed by atoms with Crippen LogP contribution < -0.4 is 0 Å². The molecule has 0 bridgehead atoms. The average Bonchev–Trinajstić information content (AvgIpc) is 2.52. The molecule has 0 N–H and O–H groups in total. The van der Waals surface area contributed by atoms with Gasteiger partial charge in [0, 0.05) is 31.1 Å². The van der Waals surface area contributed by atoms with Gasteiger partial charge in [0.15, 0.2) is 0 Å². The van der Waals surface area contributed by atoms with Gasteiger partial charge in [-0.2, -0.15) is 0 Å². The third-order valence-corrected chi connectivity index (χ3v) is 4.39. The Bertz CT molecular complexity index is 535. The van der Waals surface area contributed by atoms with Crippen molar-refractivity contribution in [2.24, 2.45) is 0 Å². The van der Waals surface area contributed by atoms with Crippen LogP contribution in [0.15, 0.2) is 35.2 Å². The number of piperazine rings is 1. The van der Waals surface area contributed by atoms with E-state index < -0.39 is 5.60 Å². The third kappa shape index (κ3) is 5.78. The summed E-state index contributed by atoms with van der Waals surface area (Å²) in [5.74, 6) is 0.541. The number of ether oxygens (including phenoxy) is 1. The molecule has 23 heavy (non-hydrogen) atoms. The standard InChI is InChI=1S/C17H24N2O3S/c1-17(2,3)22-16(21)19-11-9-18(10-12-19)15(20)13-23-14-7-5-4-6-8-14/h4-8H,9-13H2,1-3H3. The maximum absolute atomic E-state index is 12.2. The Morgan fingerprint density at radius 2 is 1.61 bits per heavy atom. The van der Waals surface area contributed by atoms with E-state index in [2.05, 4.69) is 0 Å². The first-order valence-electron chi connectivity index (χ1n) is 7.79. The fourth-order valence-electron chi connectivity index (χ4n) is 2.22. The first-order valence-corrected chi connectivity index (χ1v) is 8.77. The smallest absolute Gasteiger partial charge is 0.410 e. The Labute approximate surface area is 142 Å². The Hall–Kier alpha value is -1.69. The number of hydrogen-bond donors (Lipinski definition) is 0. The molecule has 1 saturated heterocycles. The minimum absolute atomic E-state index is 0.114. The van der Waals surface area contributed by atoms with Gasteiger partial charge in [-0.25, -0.2) is 4.79 Å². The van der Waals surface area contributed by atoms with E-state index in [-0.39, 0.29) is 12.0 Å². The summed E-state index contributed by atoms with van der Waals surface area (Å²) in [5.41, 5.74) is -0.490. The van der Waals surface area contributed by atoms with E-state index >= 15 is 0 Å². The molecule has 0 aromatic heterocycles. The molecule has 2 rings (SSSR count). The number of rotatable bonds is 3. The van der Waals surface area contributed by atoms with E-state index in [1.54, 1.807) is 16.7 Å². The summed E-state index contributed by atoms with van der Waals surface area (Å²) >= 11 is 1.54. The van der Waals surface area contributed by atoms with Crippen molar-refractivity contribution in [2.45, 2.75) is 31.3 Å². The molecule has 1 fully saturated rings. The highest BCUT2D eigenvalue weighted by molar-refractivity contribution is 8.00. The Kier molecular flexibility index (Phi) is 5.93. The van der Waals surface area contributed by atoms with Crippen LogP contribution in [-0.4, -0.2) is 59.3 Å². The fourth-order valence-corrected chi connectivity index (χ4v) is 3.04. The second kappa shape index (κ2) is 7.73. The van der Waals surface area contributed by atoms with Crippen molar-refractivity contribution < 1.29 is 14.3 Å². The lowest BCUT2D eigenvalue weighted by atomic mass is 10.2. The van der Waals surface area contributed by atoms with Crippen LogP contribution in [0.2, 0.25) is 0 Å². The maximum atomic E-state index is 12.2. The quantitative estimate of drug-likeness (QED) is 0.797. The van der Waals surface area contributed by atoms with Crippen molar-refractivity contribution in [2.75, 3.05) is 31.9 Å². The number of amides is 2. The Morgan fingerprint density at radius 1 is 1.04 bits per heavy atom. The summed E-state index contributed by atoms with van der Waals surface area (Å²) in [6.07, 6.45) is -0.303. The normalized spacial score (nSPS) is 15.4. The van der Waals surface area contributed by atoms with Gasteiger partial charge in [-0.1, -0.05) is 18.2 Å². The molecular weight excluding hydrogens is 312 g/mol. The molecule has 126 valence electrons. The molecule has 0 spiro atoms. The zero-order valence-corrected chi connectivity index (χ0v) is 14.8. The minimum Gasteiger partial charge on any atom is -0.444 e. The molecule has 1 aliphatic heterocycles. The van der Waals surface area contributed by atoms with Gasteiger partial charge in [0.1, 0.15) is 5.60 Å². The van der Waals surface area contributed by atoms with Gasteiger partial charge in [0.25, 0.3) is 0 Å². The van der Waals surface area contributed by atoms with Gasteiger partial charge in [-0.05, 0) is 32.9 Å². The highest BCUT2D eigenvalue weighted by atomic mass is 32.2. The zero-order valence-electron chi connectivity index (χ0n) is 13.9. The maximum Gasteiger partial charge on any atom is 0.410 e. The van der Waals surface area contributed by atoms with Gasteiger partial charge in [0.05, 0.1) is 5.75 Å². The van der Waals surface area contributed by atoms with Crippen molar-refractivity contribution in [3.05, 3.63) is 30.3 Å². The molecule has 1 heterocycles. The van der Waals surface area contributed by atoms with Gasteiger partial charge >= 0.3 is 6.09 Å². The van der Waals surface area contributed by atoms with Crippen molar-refractivity contribution in [3.8, 4) is 0 Å². The zero-order chi connectivity index (χ0) is 16.9. The first-order chi connectivity index (χ1) is 10.8. The summed E-state index contributed by atoms with van der Waals surface area (Å²) in [6, 6.07) is 9.89. The highest BCUT2D eigenvalue weighted by Gasteiger charge is 2.27. The van der Waals surface area contributed by atoms with E-state index in [0.29, 0.717) is 31.9 Å². The second-order valence-electron chi connectivity index (χ2n) is 6.45. The third-order valence-electron chi connectivity index (χ3n) is 3.39. The number of nitrogens with zero attached hydrogens (tertiary/aromatic N) is 2. The predicted molar refractivity (Wildman–Crippen MR) is 91.6 cm³/mol. The Balaban J connectivity index is 1.75. The lowest BCUT2D eigenvalue weighted by Crippen LogP contribution is -2.52. The van der Waals surface area contributed by atoms with Gasteiger partial charge in [0.2, 0.25) is 5.91 Å². The van der Waals surface area contributed by atoms with Crippen molar-refractivity contribution >= 4 is 23.8 Å². The van der Waals surface area contributed by atoms with E-state index in [1.165, 1.54) is 0 Å². The van der Waals surface area contributed by atoms with Crippen LogP contribution >= 0.6 is 11.8 Å². The molecule has 1 aromatic carbocycles. The number of benzene rings is 1. The van der Waals surface area contributed by atoms with Crippen LogP contribution in [0.1, 0.15) is 20.8 Å². The van der Waals surface area contributed by atoms with Gasteiger partial charge in [-0.15, -0.1) is 11.8 Å². The van der Waals surface area contributed by atoms with Gasteiger partial charge in [-0.3, -0.25) is 4.79 Å². The lowest BCUT2D eigenvalue weighted by molar-refractivity contribution is -0.130. The van der Waals surface area contributed by atoms with E-state index in [0.717, 1.165) is 4.90 Å². The van der Waals surface area contributed by atoms with Crippen LogP contribution in [-0.2, 0) is 9.53 Å². The van der Waals surface area contributed by atoms with Crippen molar-refractivity contribution in [3.63, 3.8) is 0 Å². The summed E-state index contributed by atoms with van der Waals surface area (Å²) < 4.78 is 5.36. The van der Waals surface area contributed by atoms with Crippen LogP contribution in [0.3, 0.4) is 0 Å². The van der Waals surface area contributed by atoms with Gasteiger partial charge < -0.3 is 14.5 Å². The van der Waals surface area contributed by atoms with Crippen molar-refractivity contribution in [1.82, 2.24) is 9.80 Å². The summed E-state index contributed by atoms with van der Waals surface area (Å²) in [6.45, 7) is 7.73. The summed E-state index contributed by atoms with van der Waals surface area (Å²) in [7, 11) is 0. The minimum atomic E-state index is -0.490. The monoisotopic (exact) mass is 336 g/mol. The molecule has 2 amide bonds. The van der Waals surface area contributed by atoms with E-state index in [4.69, 9.17) is 4.74 Å². The van der Waals surface area contributed by atoms with Crippen LogP contribution in [0, 0.1) is 0 Å². The van der Waals surface area contributed by atoms with Crippen LogP contribution in [0.4, 0.5) is 4.79 Å². The van der Waals surface area contributed by atoms with E-state index in [1.807, 2.05) is 56.0 Å². The Morgan fingerprint density at radius 3 is 2.17 bits per heavy atom. The molecule has 6 heteroatoms. The predicted octanol–water partition coefficient (Wildman–Crippen LogP) is 2.86. The largest absolute Gasteiger partial charge is 0.444 e. The summed E-state index contributed by atoms with van der Waals surface area (Å²) in [4.78, 5) is 28.8. The SMILES string of the molecule is CC(C)(C)OC(=O)N1CCN(C(=O)CSc2ccccc2)CC1. The average molecular weight is 336 g/mol. The van der Waals surface area contributed by atoms with Crippen molar-refractivity contribution in [1.29, 1.82) is 0 Å². The molecule has 0 radical (unpaired) electrons. The molecule has 1 aromatic rings. The van der Waals surface area contributed by atoms with Crippen LogP contribution in [0.25, 0.3) is 0 Å². The van der Waals surface area contributed by atoms with Crippen LogP contribution in [0.5, 0.6) is 0 Å². The molecule has 5 nitrogen and oxygen atoms in total. The second-order valence-corrected chi connectivity index (χ2v) is 7.50. The van der Waals surface area contributed by atoms with E-state index in [9.17, 15) is 9.59 Å². The summed E-state index contributed by atoms with van der Waals surface area (Å²) in [5, 5.41) is 0. The molecule has 0 unspecified atom stereocenters. The molecule has 1 aliphatic rings. The number of carbonyl (C=O) groups excluding carboxylic acids is 2.